The third-order valence-electron chi connectivity index (χ3n) is 5.16. The number of morpholine rings is 1. The molecule has 1 unspecified atom stereocenters. The van der Waals surface area contributed by atoms with Gasteiger partial charge >= 0.3 is 0 Å². The minimum absolute atomic E-state index is 0. The van der Waals surface area contributed by atoms with Gasteiger partial charge in [0.15, 0.2) is 0 Å². The minimum Gasteiger partial charge on any atom is -0.399 e. The van der Waals surface area contributed by atoms with Gasteiger partial charge in [-0.2, -0.15) is 0 Å². The van der Waals surface area contributed by atoms with Crippen LogP contribution in [0, 0.1) is 5.92 Å². The molecule has 2 N–H and O–H groups in total. The average molecular weight is 404 g/mol. The second-order valence-corrected chi connectivity index (χ2v) is 6.96. The van der Waals surface area contributed by atoms with Gasteiger partial charge in [-0.25, -0.2) is 0 Å². The van der Waals surface area contributed by atoms with Crippen molar-refractivity contribution in [1.29, 1.82) is 0 Å². The van der Waals surface area contributed by atoms with Crippen LogP contribution in [0.15, 0.2) is 24.3 Å². The van der Waals surface area contributed by atoms with E-state index >= 15 is 0 Å². The normalized spacial score (nSPS) is 20.8. The zero-order valence-corrected chi connectivity index (χ0v) is 16.9. The Bertz CT molecular complexity index is 553. The van der Waals surface area contributed by atoms with Crippen molar-refractivity contribution in [2.24, 2.45) is 5.92 Å². The monoisotopic (exact) mass is 403 g/mol. The summed E-state index contributed by atoms with van der Waals surface area (Å²) < 4.78 is 5.42. The number of halogens is 2. The maximum absolute atomic E-state index is 12.6. The number of aryl methyl sites for hydroxylation is 1. The highest BCUT2D eigenvalue weighted by molar-refractivity contribution is 5.85. The van der Waals surface area contributed by atoms with Crippen molar-refractivity contribution < 1.29 is 9.53 Å². The van der Waals surface area contributed by atoms with Gasteiger partial charge < -0.3 is 15.4 Å². The fourth-order valence-electron chi connectivity index (χ4n) is 3.75. The molecule has 1 aromatic rings. The Kier molecular flexibility index (Phi) is 10.3. The molecule has 5 nitrogen and oxygen atoms in total. The summed E-state index contributed by atoms with van der Waals surface area (Å²) in [5.74, 6) is 0.868. The molecule has 148 valence electrons. The number of carbonyl (C=O) groups excluding carboxylic acids is 1. The Morgan fingerprint density at radius 1 is 1.15 bits per heavy atom. The van der Waals surface area contributed by atoms with E-state index in [1.54, 1.807) is 0 Å². The second kappa shape index (κ2) is 11.7. The number of amides is 1. The van der Waals surface area contributed by atoms with Gasteiger partial charge in [0.2, 0.25) is 5.91 Å². The molecule has 26 heavy (non-hydrogen) atoms. The highest BCUT2D eigenvalue weighted by atomic mass is 35.5. The third kappa shape index (κ3) is 6.62. The van der Waals surface area contributed by atoms with Crippen LogP contribution in [0.4, 0.5) is 5.69 Å². The van der Waals surface area contributed by atoms with Crippen molar-refractivity contribution in [3.05, 3.63) is 29.8 Å². The molecule has 0 radical (unpaired) electrons. The van der Waals surface area contributed by atoms with Crippen LogP contribution in [0.2, 0.25) is 0 Å². The number of nitrogen functional groups attached to an aromatic ring is 1. The van der Waals surface area contributed by atoms with Crippen molar-refractivity contribution in [1.82, 2.24) is 9.80 Å². The quantitative estimate of drug-likeness (QED) is 0.767. The number of nitrogens with two attached hydrogens (primary N) is 1. The summed E-state index contributed by atoms with van der Waals surface area (Å²) in [4.78, 5) is 17.1. The average Bonchev–Trinajstić information content (AvgIpc) is 2.62. The Morgan fingerprint density at radius 3 is 2.62 bits per heavy atom. The van der Waals surface area contributed by atoms with Crippen LogP contribution in [-0.4, -0.2) is 61.6 Å². The lowest BCUT2D eigenvalue weighted by Gasteiger charge is -2.37. The summed E-state index contributed by atoms with van der Waals surface area (Å²) in [6.45, 7) is 6.64. The first-order valence-corrected chi connectivity index (χ1v) is 9.13. The molecule has 1 aromatic carbocycles. The standard InChI is InChI=1S/C19H29N3O2.2ClH/c20-18-6-2-1-5-17(18)7-8-19(23)22-9-3-4-16(15-22)14-21-10-12-24-13-11-21;;/h1-2,5-6,16H,3-4,7-15,20H2;2*1H. The largest absolute Gasteiger partial charge is 0.399 e. The Balaban J connectivity index is 0.00000169. The van der Waals surface area contributed by atoms with E-state index in [-0.39, 0.29) is 30.7 Å². The van der Waals surface area contributed by atoms with Crippen LogP contribution < -0.4 is 5.73 Å². The van der Waals surface area contributed by atoms with Gasteiger partial charge in [-0.15, -0.1) is 24.8 Å². The smallest absolute Gasteiger partial charge is 0.222 e. The maximum atomic E-state index is 12.6. The second-order valence-electron chi connectivity index (χ2n) is 6.96. The van der Waals surface area contributed by atoms with Crippen molar-refractivity contribution in [2.45, 2.75) is 25.7 Å². The molecule has 2 aliphatic rings. The van der Waals surface area contributed by atoms with Crippen LogP contribution in [0.1, 0.15) is 24.8 Å². The van der Waals surface area contributed by atoms with Crippen LogP contribution in [0.3, 0.4) is 0 Å². The zero-order chi connectivity index (χ0) is 16.8. The third-order valence-corrected chi connectivity index (χ3v) is 5.16. The molecule has 2 saturated heterocycles. The number of benzene rings is 1. The number of nitrogens with zero attached hydrogens (tertiary/aromatic N) is 2. The number of ether oxygens (including phenoxy) is 1. The molecule has 0 saturated carbocycles. The molecule has 0 bridgehead atoms. The molecular formula is C19H31Cl2N3O2. The summed E-state index contributed by atoms with van der Waals surface area (Å²) >= 11 is 0. The van der Waals surface area contributed by atoms with E-state index < -0.39 is 0 Å². The first kappa shape index (κ1) is 23.0. The fourth-order valence-corrected chi connectivity index (χ4v) is 3.75. The van der Waals surface area contributed by atoms with E-state index in [1.165, 1.54) is 6.42 Å². The van der Waals surface area contributed by atoms with Crippen LogP contribution in [0.25, 0.3) is 0 Å². The molecule has 7 heteroatoms. The number of carbonyl (C=O) groups is 1. The van der Waals surface area contributed by atoms with Crippen molar-refractivity contribution in [3.63, 3.8) is 0 Å². The highest BCUT2D eigenvalue weighted by Crippen LogP contribution is 2.20. The Hall–Kier alpha value is -1.01. The predicted molar refractivity (Wildman–Crippen MR) is 110 cm³/mol. The minimum atomic E-state index is 0. The molecule has 2 heterocycles. The molecule has 0 aliphatic carbocycles. The van der Waals surface area contributed by atoms with Crippen LogP contribution in [-0.2, 0) is 16.0 Å². The van der Waals surface area contributed by atoms with E-state index in [0.29, 0.717) is 12.3 Å². The predicted octanol–water partition coefficient (Wildman–Crippen LogP) is 2.62. The van der Waals surface area contributed by atoms with Gasteiger partial charge in [0, 0.05) is 44.8 Å². The molecule has 1 amide bonds. The van der Waals surface area contributed by atoms with Crippen LogP contribution in [0.5, 0.6) is 0 Å². The van der Waals surface area contributed by atoms with Gasteiger partial charge in [-0.3, -0.25) is 9.69 Å². The van der Waals surface area contributed by atoms with E-state index in [9.17, 15) is 4.79 Å². The summed E-state index contributed by atoms with van der Waals surface area (Å²) in [6, 6.07) is 7.83. The SMILES string of the molecule is Cl.Cl.Nc1ccccc1CCC(=O)N1CCCC(CN2CCOCC2)C1. The first-order chi connectivity index (χ1) is 11.7. The molecular weight excluding hydrogens is 373 g/mol. The molecule has 1 atom stereocenters. The van der Waals surface area contributed by atoms with E-state index in [1.807, 2.05) is 24.3 Å². The van der Waals surface area contributed by atoms with Crippen LogP contribution >= 0.6 is 24.8 Å². The van der Waals surface area contributed by atoms with Gasteiger partial charge in [0.25, 0.3) is 0 Å². The van der Waals surface area contributed by atoms with Gasteiger partial charge in [-0.05, 0) is 36.8 Å². The van der Waals surface area contributed by atoms with Gasteiger partial charge in [0.1, 0.15) is 0 Å². The lowest BCUT2D eigenvalue weighted by Crippen LogP contribution is -2.46. The number of para-hydroxylation sites is 1. The lowest BCUT2D eigenvalue weighted by atomic mass is 9.96. The number of likely N-dealkylation sites (tertiary alicyclic amines) is 1. The zero-order valence-electron chi connectivity index (χ0n) is 15.3. The fraction of sp³-hybridized carbons (Fsp3) is 0.632. The molecule has 3 rings (SSSR count). The number of piperidine rings is 1. The summed E-state index contributed by atoms with van der Waals surface area (Å²) in [5.41, 5.74) is 7.83. The van der Waals surface area contributed by atoms with Crippen molar-refractivity contribution >= 4 is 36.4 Å². The summed E-state index contributed by atoms with van der Waals surface area (Å²) in [5, 5.41) is 0. The Labute approximate surface area is 169 Å². The van der Waals surface area contributed by atoms with E-state index in [2.05, 4.69) is 9.80 Å². The molecule has 2 aliphatic heterocycles. The van der Waals surface area contributed by atoms with Gasteiger partial charge in [0.05, 0.1) is 13.2 Å². The number of rotatable bonds is 5. The van der Waals surface area contributed by atoms with E-state index in [0.717, 1.165) is 70.0 Å². The highest BCUT2D eigenvalue weighted by Gasteiger charge is 2.25. The van der Waals surface area contributed by atoms with Crippen molar-refractivity contribution in [3.8, 4) is 0 Å². The molecule has 0 spiro atoms. The summed E-state index contributed by atoms with van der Waals surface area (Å²) in [6.07, 6.45) is 3.63. The van der Waals surface area contributed by atoms with E-state index in [4.69, 9.17) is 10.5 Å². The Morgan fingerprint density at radius 2 is 1.88 bits per heavy atom. The lowest BCUT2D eigenvalue weighted by molar-refractivity contribution is -0.133. The molecule has 0 aromatic heterocycles. The first-order valence-electron chi connectivity index (χ1n) is 9.13. The topological polar surface area (TPSA) is 58.8 Å². The van der Waals surface area contributed by atoms with Crippen molar-refractivity contribution in [2.75, 3.05) is 51.7 Å². The molecule has 2 fully saturated rings. The number of hydrogen-bond acceptors (Lipinski definition) is 4. The number of hydrogen-bond donors (Lipinski definition) is 1. The van der Waals surface area contributed by atoms with Gasteiger partial charge in [-0.1, -0.05) is 18.2 Å². The maximum Gasteiger partial charge on any atom is 0.222 e. The number of anilines is 1. The summed E-state index contributed by atoms with van der Waals surface area (Å²) in [7, 11) is 0.